The number of nitrogens with one attached hydrogen (secondary N) is 1. The molecule has 0 bridgehead atoms. The molecule has 7 nitrogen and oxygen atoms in total. The molecule has 0 aliphatic heterocycles. The van der Waals surface area contributed by atoms with Gasteiger partial charge >= 0.3 is 5.97 Å². The average Bonchev–Trinajstić information content (AvgIpc) is 3.08. The number of thiazole rings is 1. The summed E-state index contributed by atoms with van der Waals surface area (Å²) in [6.07, 6.45) is 9.48. The Morgan fingerprint density at radius 2 is 1.92 bits per heavy atom. The normalized spacial score (nSPS) is 10.5. The highest BCUT2D eigenvalue weighted by Gasteiger charge is 2.12. The van der Waals surface area contributed by atoms with E-state index in [1.807, 2.05) is 0 Å². The summed E-state index contributed by atoms with van der Waals surface area (Å²) >= 11 is 1.36. The van der Waals surface area contributed by atoms with E-state index in [1.54, 1.807) is 24.0 Å². The van der Waals surface area contributed by atoms with Crippen LogP contribution in [0, 0.1) is 0 Å². The predicted octanol–water partition coefficient (Wildman–Crippen LogP) is 2.76. The van der Waals surface area contributed by atoms with Gasteiger partial charge in [0.1, 0.15) is 16.4 Å². The summed E-state index contributed by atoms with van der Waals surface area (Å²) in [6.45, 7) is 0.593. The first kappa shape index (κ1) is 18.0. The van der Waals surface area contributed by atoms with Crippen LogP contribution >= 0.6 is 11.3 Å². The molecule has 1 amide bonds. The van der Waals surface area contributed by atoms with Crippen molar-refractivity contribution in [3.8, 4) is 10.7 Å². The Labute approximate surface area is 144 Å². The largest absolute Gasteiger partial charge is 0.481 e. The summed E-state index contributed by atoms with van der Waals surface area (Å²) in [4.78, 5) is 34.8. The minimum atomic E-state index is -0.744. The second-order valence-corrected chi connectivity index (χ2v) is 6.15. The summed E-state index contributed by atoms with van der Waals surface area (Å²) < 4.78 is 0. The van der Waals surface area contributed by atoms with Gasteiger partial charge in [-0.15, -0.1) is 11.3 Å². The fraction of sp³-hybridized carbons (Fsp3) is 0.438. The van der Waals surface area contributed by atoms with Crippen molar-refractivity contribution in [1.82, 2.24) is 20.3 Å². The van der Waals surface area contributed by atoms with Gasteiger partial charge in [-0.25, -0.2) is 4.98 Å². The lowest BCUT2D eigenvalue weighted by Gasteiger charge is -2.03. The first-order chi connectivity index (χ1) is 11.7. The molecule has 2 rings (SSSR count). The summed E-state index contributed by atoms with van der Waals surface area (Å²) in [7, 11) is 0. The predicted molar refractivity (Wildman–Crippen MR) is 90.8 cm³/mol. The zero-order valence-corrected chi connectivity index (χ0v) is 14.1. The van der Waals surface area contributed by atoms with Crippen molar-refractivity contribution in [1.29, 1.82) is 0 Å². The molecule has 0 aliphatic carbocycles. The minimum Gasteiger partial charge on any atom is -0.481 e. The molecule has 2 N–H and O–H groups in total. The van der Waals surface area contributed by atoms with E-state index in [-0.39, 0.29) is 12.3 Å². The van der Waals surface area contributed by atoms with Crippen LogP contribution in [0.5, 0.6) is 0 Å². The van der Waals surface area contributed by atoms with Crippen molar-refractivity contribution < 1.29 is 14.7 Å². The van der Waals surface area contributed by atoms with Crippen LogP contribution in [0.2, 0.25) is 0 Å². The molecule has 8 heteroatoms. The number of aliphatic carboxylic acids is 1. The van der Waals surface area contributed by atoms with Gasteiger partial charge in [-0.05, 0) is 12.8 Å². The second-order valence-electron chi connectivity index (χ2n) is 5.30. The zero-order chi connectivity index (χ0) is 17.2. The van der Waals surface area contributed by atoms with Crippen molar-refractivity contribution in [2.45, 2.75) is 38.5 Å². The number of carbonyl (C=O) groups is 2. The van der Waals surface area contributed by atoms with E-state index in [0.29, 0.717) is 29.4 Å². The number of rotatable bonds is 10. The number of carboxylic acid groups (broad SMARTS) is 1. The molecule has 0 aliphatic rings. The van der Waals surface area contributed by atoms with Gasteiger partial charge in [0.05, 0.1) is 6.20 Å². The summed E-state index contributed by atoms with van der Waals surface area (Å²) in [6, 6.07) is 0. The third-order valence-electron chi connectivity index (χ3n) is 3.37. The van der Waals surface area contributed by atoms with Crippen LogP contribution in [0.25, 0.3) is 10.7 Å². The second kappa shape index (κ2) is 9.71. The van der Waals surface area contributed by atoms with Crippen molar-refractivity contribution in [3.63, 3.8) is 0 Å². The highest BCUT2D eigenvalue weighted by Crippen LogP contribution is 2.20. The highest BCUT2D eigenvalue weighted by atomic mass is 32.1. The average molecular weight is 348 g/mol. The van der Waals surface area contributed by atoms with E-state index in [9.17, 15) is 9.59 Å². The Morgan fingerprint density at radius 1 is 1.12 bits per heavy atom. The Kier molecular flexibility index (Phi) is 7.28. The van der Waals surface area contributed by atoms with E-state index >= 15 is 0 Å². The van der Waals surface area contributed by atoms with Crippen molar-refractivity contribution in [2.75, 3.05) is 6.54 Å². The maximum absolute atomic E-state index is 12.0. The molecule has 2 aromatic heterocycles. The van der Waals surface area contributed by atoms with Crippen LogP contribution in [0.15, 0.2) is 24.0 Å². The van der Waals surface area contributed by atoms with Gasteiger partial charge in [0.25, 0.3) is 5.91 Å². The maximum Gasteiger partial charge on any atom is 0.303 e. The number of hydrogen-bond donors (Lipinski definition) is 2. The highest BCUT2D eigenvalue weighted by molar-refractivity contribution is 7.13. The van der Waals surface area contributed by atoms with Crippen LogP contribution in [0.4, 0.5) is 0 Å². The molecule has 2 heterocycles. The van der Waals surface area contributed by atoms with Crippen LogP contribution < -0.4 is 5.32 Å². The summed E-state index contributed by atoms with van der Waals surface area (Å²) in [5.74, 6) is -0.932. The molecule has 0 fully saturated rings. The molecule has 0 atom stereocenters. The fourth-order valence-electron chi connectivity index (χ4n) is 2.13. The first-order valence-electron chi connectivity index (χ1n) is 7.88. The topological polar surface area (TPSA) is 105 Å². The molecule has 128 valence electrons. The van der Waals surface area contributed by atoms with Gasteiger partial charge in [0, 0.05) is 30.7 Å². The van der Waals surface area contributed by atoms with Gasteiger partial charge in [-0.1, -0.05) is 19.3 Å². The Hall–Kier alpha value is -2.35. The van der Waals surface area contributed by atoms with Crippen LogP contribution in [0.3, 0.4) is 0 Å². The number of hydrogen-bond acceptors (Lipinski definition) is 6. The van der Waals surface area contributed by atoms with E-state index in [1.165, 1.54) is 11.3 Å². The number of unbranched alkanes of at least 4 members (excludes halogenated alkanes) is 4. The van der Waals surface area contributed by atoms with E-state index in [2.05, 4.69) is 20.3 Å². The molecule has 0 saturated heterocycles. The lowest BCUT2D eigenvalue weighted by Crippen LogP contribution is -2.24. The van der Waals surface area contributed by atoms with Gasteiger partial charge in [0.2, 0.25) is 0 Å². The molecule has 2 aromatic rings. The van der Waals surface area contributed by atoms with Crippen LogP contribution in [-0.2, 0) is 4.79 Å². The Bertz CT molecular complexity index is 660. The molecule has 24 heavy (non-hydrogen) atoms. The SMILES string of the molecule is O=C(O)CCCCCCCNC(=O)c1csc(-c2cnccn2)n1. The third-order valence-corrected chi connectivity index (χ3v) is 4.24. The number of amides is 1. The molecule has 0 saturated carbocycles. The van der Waals surface area contributed by atoms with Gasteiger partial charge < -0.3 is 10.4 Å². The number of nitrogens with zero attached hydrogens (tertiary/aromatic N) is 3. The molecular weight excluding hydrogens is 328 g/mol. The third kappa shape index (κ3) is 6.04. The zero-order valence-electron chi connectivity index (χ0n) is 13.3. The van der Waals surface area contributed by atoms with Gasteiger partial charge in [-0.3, -0.25) is 19.6 Å². The number of carbonyl (C=O) groups excluding carboxylic acids is 1. The van der Waals surface area contributed by atoms with Crippen LogP contribution in [0.1, 0.15) is 49.0 Å². The van der Waals surface area contributed by atoms with E-state index < -0.39 is 5.97 Å². The Morgan fingerprint density at radius 3 is 2.67 bits per heavy atom. The van der Waals surface area contributed by atoms with E-state index in [0.717, 1.165) is 25.7 Å². The molecule has 0 aromatic carbocycles. The monoisotopic (exact) mass is 348 g/mol. The smallest absolute Gasteiger partial charge is 0.303 e. The van der Waals surface area contributed by atoms with Crippen LogP contribution in [-0.4, -0.2) is 38.5 Å². The minimum absolute atomic E-state index is 0.188. The van der Waals surface area contributed by atoms with Gasteiger partial charge in [-0.2, -0.15) is 0 Å². The lowest BCUT2D eigenvalue weighted by atomic mass is 10.1. The van der Waals surface area contributed by atoms with Crippen molar-refractivity contribution >= 4 is 23.2 Å². The standard InChI is InChI=1S/C16H20N4O3S/c21-14(22)6-4-2-1-3-5-7-19-15(23)13-11-24-16(20-13)12-10-17-8-9-18-12/h8-11H,1-7H2,(H,19,23)(H,21,22). The lowest BCUT2D eigenvalue weighted by molar-refractivity contribution is -0.137. The Balaban J connectivity index is 1.65. The number of carboxylic acids is 1. The van der Waals surface area contributed by atoms with Crippen molar-refractivity contribution in [2.24, 2.45) is 0 Å². The molecule has 0 unspecified atom stereocenters. The summed E-state index contributed by atoms with van der Waals surface area (Å²) in [5, 5.41) is 13.8. The summed E-state index contributed by atoms with van der Waals surface area (Å²) in [5.41, 5.74) is 1.05. The first-order valence-corrected chi connectivity index (χ1v) is 8.76. The quantitative estimate of drug-likeness (QED) is 0.640. The fourth-order valence-corrected chi connectivity index (χ4v) is 2.89. The molecular formula is C16H20N4O3S. The number of aromatic nitrogens is 3. The van der Waals surface area contributed by atoms with Crippen molar-refractivity contribution in [3.05, 3.63) is 29.7 Å². The van der Waals surface area contributed by atoms with Gasteiger partial charge in [0.15, 0.2) is 0 Å². The molecule has 0 radical (unpaired) electrons. The van der Waals surface area contributed by atoms with E-state index in [4.69, 9.17) is 5.11 Å². The maximum atomic E-state index is 12.0. The molecule has 0 spiro atoms.